The van der Waals surface area contributed by atoms with E-state index in [0.29, 0.717) is 18.1 Å². The number of hydrogen-bond acceptors (Lipinski definition) is 6. The zero-order chi connectivity index (χ0) is 14.7. The standard InChI is InChI=1S/C15H24N4O2/c1-20-9-8-18-10-12-13(11-18)19(7-4-14(12)21-2)15-16-5-3-6-17-15/h3,5-6,12-14H,4,7-11H2,1-2H3/t12-,13+,14+/m0/s1. The lowest BCUT2D eigenvalue weighted by Gasteiger charge is -2.41. The third kappa shape index (κ3) is 3.02. The number of rotatable bonds is 5. The van der Waals surface area contributed by atoms with Crippen LogP contribution in [0.3, 0.4) is 0 Å². The van der Waals surface area contributed by atoms with E-state index in [9.17, 15) is 0 Å². The molecule has 3 rings (SSSR count). The molecule has 2 fully saturated rings. The first-order valence-corrected chi connectivity index (χ1v) is 7.61. The summed E-state index contributed by atoms with van der Waals surface area (Å²) in [5.41, 5.74) is 0. The van der Waals surface area contributed by atoms with Crippen LogP contribution >= 0.6 is 0 Å². The summed E-state index contributed by atoms with van der Waals surface area (Å²) >= 11 is 0. The van der Waals surface area contributed by atoms with Gasteiger partial charge in [-0.2, -0.15) is 0 Å². The van der Waals surface area contributed by atoms with E-state index >= 15 is 0 Å². The lowest BCUT2D eigenvalue weighted by Crippen LogP contribution is -2.52. The maximum atomic E-state index is 5.72. The van der Waals surface area contributed by atoms with Crippen molar-refractivity contribution in [2.45, 2.75) is 18.6 Å². The summed E-state index contributed by atoms with van der Waals surface area (Å²) in [5, 5.41) is 0. The number of nitrogens with zero attached hydrogens (tertiary/aromatic N) is 4. The Hall–Kier alpha value is -1.24. The number of ether oxygens (including phenoxy) is 2. The number of hydrogen-bond donors (Lipinski definition) is 0. The molecule has 6 nitrogen and oxygen atoms in total. The molecule has 3 atom stereocenters. The van der Waals surface area contributed by atoms with Gasteiger partial charge in [0.1, 0.15) is 0 Å². The average molecular weight is 292 g/mol. The molecule has 0 N–H and O–H groups in total. The van der Waals surface area contributed by atoms with Crippen LogP contribution in [0.4, 0.5) is 5.95 Å². The van der Waals surface area contributed by atoms with Crippen LogP contribution in [0.2, 0.25) is 0 Å². The molecule has 0 spiro atoms. The average Bonchev–Trinajstić information content (AvgIpc) is 2.96. The van der Waals surface area contributed by atoms with Crippen LogP contribution in [0.25, 0.3) is 0 Å². The molecular weight excluding hydrogens is 268 g/mol. The highest BCUT2D eigenvalue weighted by molar-refractivity contribution is 5.33. The molecule has 0 bridgehead atoms. The van der Waals surface area contributed by atoms with Gasteiger partial charge in [-0.25, -0.2) is 9.97 Å². The van der Waals surface area contributed by atoms with Gasteiger partial charge in [0.15, 0.2) is 0 Å². The summed E-state index contributed by atoms with van der Waals surface area (Å²) in [6.45, 7) is 4.81. The first-order valence-electron chi connectivity index (χ1n) is 7.61. The van der Waals surface area contributed by atoms with Crippen molar-refractivity contribution >= 4 is 5.95 Å². The second kappa shape index (κ2) is 6.68. The van der Waals surface area contributed by atoms with Crippen molar-refractivity contribution in [2.24, 2.45) is 5.92 Å². The fourth-order valence-electron chi connectivity index (χ4n) is 3.62. The number of anilines is 1. The number of likely N-dealkylation sites (tertiary alicyclic amines) is 1. The molecule has 116 valence electrons. The molecule has 0 unspecified atom stereocenters. The highest BCUT2D eigenvalue weighted by Gasteiger charge is 2.45. The normalized spacial score (nSPS) is 29.6. The molecule has 21 heavy (non-hydrogen) atoms. The van der Waals surface area contributed by atoms with E-state index in [-0.39, 0.29) is 0 Å². The van der Waals surface area contributed by atoms with Crippen LogP contribution in [-0.4, -0.2) is 74.0 Å². The first kappa shape index (κ1) is 14.7. The fraction of sp³-hybridized carbons (Fsp3) is 0.733. The van der Waals surface area contributed by atoms with Gasteiger partial charge in [-0.15, -0.1) is 0 Å². The van der Waals surface area contributed by atoms with Gasteiger partial charge in [0.05, 0.1) is 18.8 Å². The zero-order valence-electron chi connectivity index (χ0n) is 12.8. The van der Waals surface area contributed by atoms with Crippen molar-refractivity contribution in [3.8, 4) is 0 Å². The van der Waals surface area contributed by atoms with Gasteiger partial charge in [-0.05, 0) is 12.5 Å². The summed E-state index contributed by atoms with van der Waals surface area (Å²) in [5.74, 6) is 1.36. The van der Waals surface area contributed by atoms with E-state index in [4.69, 9.17) is 9.47 Å². The molecule has 2 aliphatic heterocycles. The van der Waals surface area contributed by atoms with Gasteiger partial charge in [0.25, 0.3) is 0 Å². The molecule has 2 aliphatic rings. The molecule has 0 amide bonds. The fourth-order valence-corrected chi connectivity index (χ4v) is 3.62. The van der Waals surface area contributed by atoms with Crippen molar-refractivity contribution in [2.75, 3.05) is 51.9 Å². The molecule has 0 radical (unpaired) electrons. The van der Waals surface area contributed by atoms with E-state index in [0.717, 1.165) is 45.2 Å². The quantitative estimate of drug-likeness (QED) is 0.794. The minimum Gasteiger partial charge on any atom is -0.383 e. The maximum Gasteiger partial charge on any atom is 0.225 e. The minimum absolute atomic E-state index is 0.336. The topological polar surface area (TPSA) is 50.7 Å². The van der Waals surface area contributed by atoms with Gasteiger partial charge in [0.2, 0.25) is 5.95 Å². The van der Waals surface area contributed by atoms with Crippen LogP contribution in [0.1, 0.15) is 6.42 Å². The number of piperidine rings is 1. The Morgan fingerprint density at radius 2 is 2.05 bits per heavy atom. The number of fused-ring (bicyclic) bond motifs is 1. The molecular formula is C15H24N4O2. The van der Waals surface area contributed by atoms with Gasteiger partial charge in [0, 0.05) is 58.7 Å². The monoisotopic (exact) mass is 292 g/mol. The van der Waals surface area contributed by atoms with Crippen LogP contribution in [0.5, 0.6) is 0 Å². The van der Waals surface area contributed by atoms with Gasteiger partial charge in [-0.3, -0.25) is 4.90 Å². The molecule has 0 aliphatic carbocycles. The summed E-state index contributed by atoms with van der Waals surface area (Å²) in [6, 6.07) is 2.30. The summed E-state index contributed by atoms with van der Waals surface area (Å²) in [6.07, 6.45) is 5.01. The summed E-state index contributed by atoms with van der Waals surface area (Å²) in [7, 11) is 3.58. The van der Waals surface area contributed by atoms with E-state index in [1.165, 1.54) is 0 Å². The highest BCUT2D eigenvalue weighted by atomic mass is 16.5. The smallest absolute Gasteiger partial charge is 0.225 e. The Morgan fingerprint density at radius 3 is 2.76 bits per heavy atom. The molecule has 1 aromatic rings. The Morgan fingerprint density at radius 1 is 1.24 bits per heavy atom. The first-order chi connectivity index (χ1) is 10.3. The summed E-state index contributed by atoms with van der Waals surface area (Å²) < 4.78 is 10.9. The largest absolute Gasteiger partial charge is 0.383 e. The second-order valence-electron chi connectivity index (χ2n) is 5.79. The van der Waals surface area contributed by atoms with Crippen molar-refractivity contribution in [1.82, 2.24) is 14.9 Å². The predicted octanol–water partition coefficient (Wildman–Crippen LogP) is 0.648. The molecule has 0 saturated carbocycles. The molecule has 1 aromatic heterocycles. The zero-order valence-corrected chi connectivity index (χ0v) is 12.8. The van der Waals surface area contributed by atoms with Crippen LogP contribution in [0, 0.1) is 5.92 Å². The minimum atomic E-state index is 0.336. The van der Waals surface area contributed by atoms with Crippen LogP contribution in [-0.2, 0) is 9.47 Å². The van der Waals surface area contributed by atoms with E-state index < -0.39 is 0 Å². The molecule has 2 saturated heterocycles. The maximum absolute atomic E-state index is 5.72. The summed E-state index contributed by atoms with van der Waals surface area (Å²) in [4.78, 5) is 13.7. The van der Waals surface area contributed by atoms with Crippen molar-refractivity contribution in [1.29, 1.82) is 0 Å². The lowest BCUT2D eigenvalue weighted by atomic mass is 9.89. The lowest BCUT2D eigenvalue weighted by molar-refractivity contribution is 0.0309. The van der Waals surface area contributed by atoms with E-state index in [2.05, 4.69) is 19.8 Å². The van der Waals surface area contributed by atoms with E-state index in [1.807, 2.05) is 25.6 Å². The number of aromatic nitrogens is 2. The Kier molecular flexibility index (Phi) is 4.67. The van der Waals surface area contributed by atoms with E-state index in [1.54, 1.807) is 7.11 Å². The SMILES string of the molecule is COCCN1C[C@H]2[C@@H](C1)N(c1ncccn1)CC[C@H]2OC. The second-order valence-corrected chi connectivity index (χ2v) is 5.79. The van der Waals surface area contributed by atoms with Crippen LogP contribution < -0.4 is 4.90 Å². The van der Waals surface area contributed by atoms with Gasteiger partial charge >= 0.3 is 0 Å². The van der Waals surface area contributed by atoms with Crippen molar-refractivity contribution < 1.29 is 9.47 Å². The van der Waals surface area contributed by atoms with Crippen LogP contribution in [0.15, 0.2) is 18.5 Å². The third-order valence-corrected chi connectivity index (χ3v) is 4.66. The number of methoxy groups -OCH3 is 2. The molecule has 3 heterocycles. The predicted molar refractivity (Wildman–Crippen MR) is 80.4 cm³/mol. The van der Waals surface area contributed by atoms with Crippen molar-refractivity contribution in [3.05, 3.63) is 18.5 Å². The Bertz CT molecular complexity index is 445. The molecule has 0 aromatic carbocycles. The van der Waals surface area contributed by atoms with Crippen molar-refractivity contribution in [3.63, 3.8) is 0 Å². The Balaban J connectivity index is 1.76. The third-order valence-electron chi connectivity index (χ3n) is 4.66. The Labute approximate surface area is 126 Å². The molecule has 6 heteroatoms. The highest BCUT2D eigenvalue weighted by Crippen LogP contribution is 2.33. The van der Waals surface area contributed by atoms with Gasteiger partial charge in [-0.1, -0.05) is 0 Å². The van der Waals surface area contributed by atoms with Gasteiger partial charge < -0.3 is 14.4 Å².